The van der Waals surface area contributed by atoms with E-state index >= 15 is 0 Å². The van der Waals surface area contributed by atoms with E-state index in [0.717, 1.165) is 17.9 Å². The van der Waals surface area contributed by atoms with Gasteiger partial charge in [-0.25, -0.2) is 4.39 Å². The number of thioether (sulfide) groups is 1. The highest BCUT2D eigenvalue weighted by molar-refractivity contribution is 8.08. The molecule has 0 aliphatic carbocycles. The molecule has 3 heteroatoms. The standard InChI is InChI=1S/C15H13FNS/c16-13-6-4-12(5-7-13)11-15-14-3-1-2-8-17(14)9-10-18-15/h1-8,11H,9-10H2/q+1. The van der Waals surface area contributed by atoms with Crippen LogP contribution in [-0.2, 0) is 6.54 Å². The maximum atomic E-state index is 12.9. The van der Waals surface area contributed by atoms with Gasteiger partial charge < -0.3 is 0 Å². The van der Waals surface area contributed by atoms with E-state index in [4.69, 9.17) is 0 Å². The largest absolute Gasteiger partial charge is 0.218 e. The number of aromatic nitrogens is 1. The van der Waals surface area contributed by atoms with Gasteiger partial charge in [-0.3, -0.25) is 0 Å². The van der Waals surface area contributed by atoms with Gasteiger partial charge in [0.25, 0.3) is 0 Å². The smallest absolute Gasteiger partial charge is 0.207 e. The third-order valence-corrected chi connectivity index (χ3v) is 3.98. The van der Waals surface area contributed by atoms with Crippen molar-refractivity contribution in [3.8, 4) is 0 Å². The van der Waals surface area contributed by atoms with Gasteiger partial charge in [0, 0.05) is 12.1 Å². The number of aryl methyl sites for hydroxylation is 1. The number of benzene rings is 1. The fourth-order valence-electron chi connectivity index (χ4n) is 2.05. The summed E-state index contributed by atoms with van der Waals surface area (Å²) in [6.07, 6.45) is 4.22. The van der Waals surface area contributed by atoms with E-state index in [0.29, 0.717) is 0 Å². The summed E-state index contributed by atoms with van der Waals surface area (Å²) in [5.74, 6) is 0.887. The van der Waals surface area contributed by atoms with Gasteiger partial charge in [-0.2, -0.15) is 4.57 Å². The van der Waals surface area contributed by atoms with Crippen molar-refractivity contribution in [2.45, 2.75) is 6.54 Å². The van der Waals surface area contributed by atoms with Crippen LogP contribution in [-0.4, -0.2) is 5.75 Å². The second-order valence-electron chi connectivity index (χ2n) is 4.19. The molecule has 1 aromatic heterocycles. The first kappa shape index (κ1) is 11.5. The molecule has 0 N–H and O–H groups in total. The minimum absolute atomic E-state index is 0.191. The summed E-state index contributed by atoms with van der Waals surface area (Å²) in [4.78, 5) is 1.24. The Balaban J connectivity index is 2.00. The van der Waals surface area contributed by atoms with Crippen LogP contribution in [0.25, 0.3) is 11.0 Å². The van der Waals surface area contributed by atoms with E-state index in [9.17, 15) is 4.39 Å². The first-order valence-corrected chi connectivity index (χ1v) is 6.90. The van der Waals surface area contributed by atoms with Gasteiger partial charge in [0.05, 0.1) is 10.7 Å². The predicted octanol–water partition coefficient (Wildman–Crippen LogP) is 3.36. The molecule has 3 rings (SSSR count). The second kappa shape index (κ2) is 4.94. The molecule has 1 nitrogen and oxygen atoms in total. The minimum atomic E-state index is -0.191. The van der Waals surface area contributed by atoms with Crippen LogP contribution in [0.1, 0.15) is 11.3 Å². The summed E-state index contributed by atoms with van der Waals surface area (Å²) in [6, 6.07) is 12.8. The number of halogens is 1. The van der Waals surface area contributed by atoms with Crippen molar-refractivity contribution in [3.63, 3.8) is 0 Å². The van der Waals surface area contributed by atoms with Gasteiger partial charge in [-0.05, 0) is 29.8 Å². The van der Waals surface area contributed by atoms with Crippen molar-refractivity contribution >= 4 is 22.7 Å². The Labute approximate surface area is 110 Å². The number of fused-ring (bicyclic) bond motifs is 1. The molecule has 0 amide bonds. The topological polar surface area (TPSA) is 3.88 Å². The Morgan fingerprint density at radius 2 is 1.94 bits per heavy atom. The molecule has 18 heavy (non-hydrogen) atoms. The second-order valence-corrected chi connectivity index (χ2v) is 5.32. The number of rotatable bonds is 1. The Bertz CT molecular complexity index is 590. The van der Waals surface area contributed by atoms with Crippen molar-refractivity contribution in [2.75, 3.05) is 5.75 Å². The molecule has 90 valence electrons. The van der Waals surface area contributed by atoms with E-state index in [2.05, 4.69) is 35.0 Å². The quantitative estimate of drug-likeness (QED) is 0.709. The van der Waals surface area contributed by atoms with Gasteiger partial charge in [-0.15, -0.1) is 11.8 Å². The highest BCUT2D eigenvalue weighted by Gasteiger charge is 2.20. The highest BCUT2D eigenvalue weighted by Crippen LogP contribution is 2.30. The average molecular weight is 258 g/mol. The van der Waals surface area contributed by atoms with Gasteiger partial charge in [0.2, 0.25) is 5.69 Å². The predicted molar refractivity (Wildman–Crippen MR) is 73.4 cm³/mol. The molecule has 1 aromatic carbocycles. The van der Waals surface area contributed by atoms with Crippen LogP contribution in [0.3, 0.4) is 0 Å². The molecular weight excluding hydrogens is 245 g/mol. The molecule has 0 saturated heterocycles. The first-order valence-electron chi connectivity index (χ1n) is 5.92. The first-order chi connectivity index (χ1) is 8.83. The molecule has 0 radical (unpaired) electrons. The molecule has 0 bridgehead atoms. The van der Waals surface area contributed by atoms with Crippen molar-refractivity contribution in [1.29, 1.82) is 0 Å². The highest BCUT2D eigenvalue weighted by atomic mass is 32.2. The zero-order chi connectivity index (χ0) is 12.4. The number of pyridine rings is 1. The number of hydrogen-bond donors (Lipinski definition) is 0. The van der Waals surface area contributed by atoms with Crippen LogP contribution in [0.15, 0.2) is 48.7 Å². The van der Waals surface area contributed by atoms with Crippen LogP contribution in [0.5, 0.6) is 0 Å². The van der Waals surface area contributed by atoms with Crippen LogP contribution >= 0.6 is 11.8 Å². The lowest BCUT2D eigenvalue weighted by Gasteiger charge is -2.12. The minimum Gasteiger partial charge on any atom is -0.207 e. The summed E-state index contributed by atoms with van der Waals surface area (Å²) in [5.41, 5.74) is 2.27. The lowest BCUT2D eigenvalue weighted by molar-refractivity contribution is -0.695. The molecule has 1 aliphatic rings. The summed E-state index contributed by atoms with van der Waals surface area (Å²) >= 11 is 1.85. The Morgan fingerprint density at radius 3 is 2.78 bits per heavy atom. The average Bonchev–Trinajstić information content (AvgIpc) is 2.42. The fourth-order valence-corrected chi connectivity index (χ4v) is 3.11. The van der Waals surface area contributed by atoms with Crippen molar-refractivity contribution in [2.24, 2.45) is 0 Å². The van der Waals surface area contributed by atoms with Gasteiger partial charge in [-0.1, -0.05) is 12.1 Å². The molecule has 0 atom stereocenters. The van der Waals surface area contributed by atoms with E-state index in [-0.39, 0.29) is 5.82 Å². The zero-order valence-electron chi connectivity index (χ0n) is 9.84. The van der Waals surface area contributed by atoms with Crippen molar-refractivity contribution in [1.82, 2.24) is 0 Å². The fraction of sp³-hybridized carbons (Fsp3) is 0.133. The number of hydrogen-bond acceptors (Lipinski definition) is 1. The van der Waals surface area contributed by atoms with Crippen LogP contribution < -0.4 is 4.57 Å². The molecule has 2 heterocycles. The third kappa shape index (κ3) is 2.31. The molecule has 0 spiro atoms. The van der Waals surface area contributed by atoms with E-state index in [1.807, 2.05) is 23.9 Å². The molecule has 1 aliphatic heterocycles. The van der Waals surface area contributed by atoms with Gasteiger partial charge in [0.15, 0.2) is 12.7 Å². The summed E-state index contributed by atoms with van der Waals surface area (Å²) < 4.78 is 15.1. The van der Waals surface area contributed by atoms with Crippen LogP contribution in [0.2, 0.25) is 0 Å². The van der Waals surface area contributed by atoms with Crippen LogP contribution in [0.4, 0.5) is 4.39 Å². The van der Waals surface area contributed by atoms with Crippen LogP contribution in [0, 0.1) is 5.82 Å². The van der Waals surface area contributed by atoms with Gasteiger partial charge in [0.1, 0.15) is 5.82 Å². The lowest BCUT2D eigenvalue weighted by Crippen LogP contribution is -2.40. The molecule has 0 fully saturated rings. The Hall–Kier alpha value is -1.61. The van der Waals surface area contributed by atoms with Crippen molar-refractivity contribution in [3.05, 3.63) is 65.7 Å². The molecule has 2 aromatic rings. The lowest BCUT2D eigenvalue weighted by atomic mass is 10.2. The van der Waals surface area contributed by atoms with E-state index in [1.165, 1.54) is 22.7 Å². The molecule has 0 unspecified atom stereocenters. The molecule has 0 saturated carbocycles. The SMILES string of the molecule is Fc1ccc(C=C2SCC[n+]3ccccc32)cc1. The third-order valence-electron chi connectivity index (χ3n) is 2.95. The summed E-state index contributed by atoms with van der Waals surface area (Å²) in [6.45, 7) is 1.04. The maximum absolute atomic E-state index is 12.9. The summed E-state index contributed by atoms with van der Waals surface area (Å²) in [7, 11) is 0. The van der Waals surface area contributed by atoms with E-state index in [1.54, 1.807) is 0 Å². The Morgan fingerprint density at radius 1 is 1.11 bits per heavy atom. The van der Waals surface area contributed by atoms with E-state index < -0.39 is 0 Å². The zero-order valence-corrected chi connectivity index (χ0v) is 10.7. The van der Waals surface area contributed by atoms with Gasteiger partial charge >= 0.3 is 0 Å². The monoisotopic (exact) mass is 258 g/mol. The Kier molecular flexibility index (Phi) is 3.15. The van der Waals surface area contributed by atoms with Crippen molar-refractivity contribution < 1.29 is 8.96 Å². The normalized spacial score (nSPS) is 16.6. The maximum Gasteiger partial charge on any atom is 0.218 e. The summed E-state index contributed by atoms with van der Waals surface area (Å²) in [5, 5.41) is 0. The number of nitrogens with zero attached hydrogens (tertiary/aromatic N) is 1. The molecular formula is C15H13FNS+.